The first-order valence-corrected chi connectivity index (χ1v) is 9.55. The second kappa shape index (κ2) is 7.55. The van der Waals surface area contributed by atoms with E-state index in [1.165, 1.54) is 6.07 Å². The molecular weight excluding hydrogens is 382 g/mol. The number of fused-ring (bicyclic) bond motifs is 2. The van der Waals surface area contributed by atoms with Crippen LogP contribution >= 0.6 is 0 Å². The van der Waals surface area contributed by atoms with E-state index in [1.807, 2.05) is 32.0 Å². The number of para-hydroxylation sites is 1. The first kappa shape index (κ1) is 19.5. The molecule has 4 rings (SSSR count). The Morgan fingerprint density at radius 3 is 2.03 bits per heavy atom. The van der Waals surface area contributed by atoms with Gasteiger partial charge in [0.15, 0.2) is 11.6 Å². The number of ketones is 2. The highest BCUT2D eigenvalue weighted by atomic mass is 16.5. The lowest BCUT2D eigenvalue weighted by atomic mass is 9.82. The third kappa shape index (κ3) is 3.16. The van der Waals surface area contributed by atoms with Gasteiger partial charge in [0.2, 0.25) is 0 Å². The summed E-state index contributed by atoms with van der Waals surface area (Å²) in [6.07, 6.45) is 0. The zero-order valence-corrected chi connectivity index (χ0v) is 16.7. The summed E-state index contributed by atoms with van der Waals surface area (Å²) in [6, 6.07) is 13.6. The number of nitrogen functional groups attached to an aromatic ring is 1. The molecule has 0 spiro atoms. The number of nitrogens with two attached hydrogens (primary N) is 1. The Kier molecular flexibility index (Phi) is 4.91. The lowest BCUT2D eigenvalue weighted by Gasteiger charge is -2.21. The van der Waals surface area contributed by atoms with Gasteiger partial charge in [-0.15, -0.1) is 0 Å². The number of rotatable bonds is 5. The molecule has 0 amide bonds. The van der Waals surface area contributed by atoms with Crippen molar-refractivity contribution < 1.29 is 24.2 Å². The molecule has 1 aliphatic rings. The number of phenolic OH excluding ortho intramolecular Hbond substituents is 1. The van der Waals surface area contributed by atoms with Gasteiger partial charge in [-0.1, -0.05) is 42.5 Å². The van der Waals surface area contributed by atoms with Gasteiger partial charge in [-0.05, 0) is 25.0 Å². The number of aryl methyl sites for hydroxylation is 2. The number of ether oxygens (including phenoxy) is 2. The Labute approximate surface area is 173 Å². The van der Waals surface area contributed by atoms with Crippen LogP contribution in [0.3, 0.4) is 0 Å². The minimum atomic E-state index is -0.436. The van der Waals surface area contributed by atoms with Gasteiger partial charge in [-0.25, -0.2) is 0 Å². The molecule has 152 valence electrons. The standard InChI is InChI=1S/C24H21NO5/c1-13-6-5-7-14(2)24(13)30-11-10-29-18-12-17(26)19-20(21(18)25)23(28)16-9-4-3-8-15(16)22(19)27/h3-9,12,26H,10-11,25H2,1-2H3. The Morgan fingerprint density at radius 1 is 0.833 bits per heavy atom. The molecule has 3 aromatic carbocycles. The largest absolute Gasteiger partial charge is 0.507 e. The molecule has 0 heterocycles. The number of anilines is 1. The molecule has 30 heavy (non-hydrogen) atoms. The van der Waals surface area contributed by atoms with Crippen molar-refractivity contribution in [2.75, 3.05) is 18.9 Å². The maximum Gasteiger partial charge on any atom is 0.198 e. The number of benzene rings is 3. The molecule has 1 aliphatic carbocycles. The smallest absolute Gasteiger partial charge is 0.198 e. The van der Waals surface area contributed by atoms with Crippen LogP contribution in [0, 0.1) is 13.8 Å². The van der Waals surface area contributed by atoms with E-state index in [-0.39, 0.29) is 52.7 Å². The van der Waals surface area contributed by atoms with Gasteiger partial charge in [0, 0.05) is 17.2 Å². The third-order valence-corrected chi connectivity index (χ3v) is 5.18. The maximum absolute atomic E-state index is 12.9. The van der Waals surface area contributed by atoms with Gasteiger partial charge in [-0.2, -0.15) is 0 Å². The Balaban J connectivity index is 1.57. The van der Waals surface area contributed by atoms with E-state index < -0.39 is 11.6 Å². The highest BCUT2D eigenvalue weighted by molar-refractivity contribution is 6.31. The van der Waals surface area contributed by atoms with Crippen molar-refractivity contribution in [3.05, 3.63) is 81.9 Å². The third-order valence-electron chi connectivity index (χ3n) is 5.18. The lowest BCUT2D eigenvalue weighted by Crippen LogP contribution is -2.23. The normalized spacial score (nSPS) is 12.3. The Bertz CT molecular complexity index is 1160. The summed E-state index contributed by atoms with van der Waals surface area (Å²) in [4.78, 5) is 25.7. The van der Waals surface area contributed by atoms with E-state index in [9.17, 15) is 14.7 Å². The second-order valence-corrected chi connectivity index (χ2v) is 7.18. The summed E-state index contributed by atoms with van der Waals surface area (Å²) in [7, 11) is 0. The van der Waals surface area contributed by atoms with Gasteiger partial charge in [-0.3, -0.25) is 9.59 Å². The van der Waals surface area contributed by atoms with E-state index in [1.54, 1.807) is 24.3 Å². The van der Waals surface area contributed by atoms with E-state index in [0.717, 1.165) is 16.9 Å². The van der Waals surface area contributed by atoms with Crippen LogP contribution in [0.25, 0.3) is 0 Å². The van der Waals surface area contributed by atoms with Crippen LogP contribution in [0.2, 0.25) is 0 Å². The molecule has 6 nitrogen and oxygen atoms in total. The van der Waals surface area contributed by atoms with Crippen molar-refractivity contribution in [1.29, 1.82) is 0 Å². The van der Waals surface area contributed by atoms with Crippen molar-refractivity contribution in [3.8, 4) is 17.2 Å². The number of phenols is 1. The van der Waals surface area contributed by atoms with Crippen molar-refractivity contribution in [1.82, 2.24) is 0 Å². The van der Waals surface area contributed by atoms with Crippen LogP contribution in [0.1, 0.15) is 43.0 Å². The first-order valence-electron chi connectivity index (χ1n) is 9.55. The molecule has 0 bridgehead atoms. The van der Waals surface area contributed by atoms with E-state index in [0.29, 0.717) is 0 Å². The van der Waals surface area contributed by atoms with Crippen LogP contribution in [0.15, 0.2) is 48.5 Å². The number of aromatic hydroxyl groups is 1. The zero-order chi connectivity index (χ0) is 21.4. The van der Waals surface area contributed by atoms with E-state index in [2.05, 4.69) is 0 Å². The highest BCUT2D eigenvalue weighted by Crippen LogP contribution is 2.41. The summed E-state index contributed by atoms with van der Waals surface area (Å²) in [5.41, 5.74) is 8.64. The minimum Gasteiger partial charge on any atom is -0.507 e. The summed E-state index contributed by atoms with van der Waals surface area (Å²) < 4.78 is 11.5. The molecule has 0 saturated heterocycles. The van der Waals surface area contributed by atoms with Crippen LogP contribution in [-0.4, -0.2) is 29.9 Å². The minimum absolute atomic E-state index is 0.0237. The van der Waals surface area contributed by atoms with E-state index >= 15 is 0 Å². The number of carbonyl (C=O) groups is 2. The molecule has 6 heteroatoms. The molecule has 0 unspecified atom stereocenters. The molecule has 3 aromatic rings. The van der Waals surface area contributed by atoms with Crippen molar-refractivity contribution in [2.24, 2.45) is 0 Å². The van der Waals surface area contributed by atoms with Crippen LogP contribution in [0.4, 0.5) is 5.69 Å². The monoisotopic (exact) mass is 403 g/mol. The number of carbonyl (C=O) groups excluding carboxylic acids is 2. The molecule has 0 aromatic heterocycles. The molecule has 0 fully saturated rings. The molecule has 0 atom stereocenters. The first-order chi connectivity index (χ1) is 14.4. The second-order valence-electron chi connectivity index (χ2n) is 7.18. The lowest BCUT2D eigenvalue weighted by molar-refractivity contribution is 0.0977. The Morgan fingerprint density at radius 2 is 1.40 bits per heavy atom. The highest BCUT2D eigenvalue weighted by Gasteiger charge is 2.35. The SMILES string of the molecule is Cc1cccc(C)c1OCCOc1cc(O)c2c(c1N)C(=O)c1ccccc1C2=O. The van der Waals surface area contributed by atoms with E-state index in [4.69, 9.17) is 15.2 Å². The fourth-order valence-corrected chi connectivity index (χ4v) is 3.72. The fourth-order valence-electron chi connectivity index (χ4n) is 3.72. The topological polar surface area (TPSA) is 98.8 Å². The average Bonchev–Trinajstić information content (AvgIpc) is 2.73. The fraction of sp³-hybridized carbons (Fsp3) is 0.167. The summed E-state index contributed by atoms with van der Waals surface area (Å²) >= 11 is 0. The van der Waals surface area contributed by atoms with Crippen LogP contribution in [0.5, 0.6) is 17.2 Å². The average molecular weight is 403 g/mol. The van der Waals surface area contributed by atoms with Crippen molar-refractivity contribution in [2.45, 2.75) is 13.8 Å². The van der Waals surface area contributed by atoms with Gasteiger partial charge in [0.25, 0.3) is 0 Å². The van der Waals surface area contributed by atoms with Crippen molar-refractivity contribution in [3.63, 3.8) is 0 Å². The molecule has 3 N–H and O–H groups in total. The van der Waals surface area contributed by atoms with Crippen LogP contribution in [-0.2, 0) is 0 Å². The van der Waals surface area contributed by atoms with Gasteiger partial charge in [0.1, 0.15) is 30.5 Å². The zero-order valence-electron chi connectivity index (χ0n) is 16.7. The molecule has 0 saturated carbocycles. The maximum atomic E-state index is 12.9. The van der Waals surface area contributed by atoms with Crippen LogP contribution < -0.4 is 15.2 Å². The van der Waals surface area contributed by atoms with Gasteiger partial charge in [0.05, 0.1) is 16.8 Å². The molecule has 0 aliphatic heterocycles. The quantitative estimate of drug-likeness (QED) is 0.299. The Hall–Kier alpha value is -3.80. The molecular formula is C24H21NO5. The predicted molar refractivity (Wildman–Crippen MR) is 113 cm³/mol. The van der Waals surface area contributed by atoms with Gasteiger partial charge < -0.3 is 20.3 Å². The van der Waals surface area contributed by atoms with Crippen molar-refractivity contribution >= 4 is 17.3 Å². The summed E-state index contributed by atoms with van der Waals surface area (Å²) in [6.45, 7) is 4.32. The summed E-state index contributed by atoms with van der Waals surface area (Å²) in [5.74, 6) is -0.256. The molecule has 0 radical (unpaired) electrons. The number of hydrogen-bond donors (Lipinski definition) is 2. The predicted octanol–water partition coefficient (Wildman–Crippen LogP) is 3.82. The van der Waals surface area contributed by atoms with Gasteiger partial charge >= 0.3 is 0 Å². The summed E-state index contributed by atoms with van der Waals surface area (Å²) in [5, 5.41) is 10.4. The number of hydrogen-bond acceptors (Lipinski definition) is 6.